The van der Waals surface area contributed by atoms with Crippen LogP contribution in [0.1, 0.15) is 21.5 Å². The molecule has 3 aromatic carbocycles. The van der Waals surface area contributed by atoms with Crippen LogP contribution in [0, 0.1) is 0 Å². The van der Waals surface area contributed by atoms with Crippen molar-refractivity contribution in [2.45, 2.75) is 6.61 Å². The van der Waals surface area contributed by atoms with Crippen molar-refractivity contribution in [3.8, 4) is 5.75 Å². The van der Waals surface area contributed by atoms with E-state index in [2.05, 4.69) is 36.9 Å². The number of nitrogens with zero attached hydrogens (tertiary/aromatic N) is 2. The third kappa shape index (κ3) is 6.15. The second kappa shape index (κ2) is 11.4. The Morgan fingerprint density at radius 2 is 1.78 bits per heavy atom. The average molecular weight is 671 g/mol. The van der Waals surface area contributed by atoms with E-state index in [-0.39, 0.29) is 18.1 Å². The van der Waals surface area contributed by atoms with Crippen molar-refractivity contribution in [3.63, 3.8) is 0 Å². The second-order valence-electron chi connectivity index (χ2n) is 7.56. The van der Waals surface area contributed by atoms with Crippen molar-refractivity contribution in [2.24, 2.45) is 4.99 Å². The molecule has 36 heavy (non-hydrogen) atoms. The first kappa shape index (κ1) is 26.8. The van der Waals surface area contributed by atoms with Crippen molar-refractivity contribution in [2.75, 3.05) is 7.05 Å². The zero-order valence-corrected chi connectivity index (χ0v) is 24.0. The van der Waals surface area contributed by atoms with Crippen LogP contribution in [0.3, 0.4) is 0 Å². The van der Waals surface area contributed by atoms with Gasteiger partial charge in [0.15, 0.2) is 5.17 Å². The van der Waals surface area contributed by atoms with Gasteiger partial charge in [-0.25, -0.2) is 9.79 Å². The van der Waals surface area contributed by atoms with Crippen LogP contribution >= 0.6 is 66.8 Å². The lowest BCUT2D eigenvalue weighted by molar-refractivity contribution is -0.121. The number of carbonyl (C=O) groups is 2. The number of carboxylic acids is 1. The number of rotatable bonds is 6. The van der Waals surface area contributed by atoms with E-state index in [1.165, 1.54) is 28.8 Å². The van der Waals surface area contributed by atoms with Crippen LogP contribution in [0.5, 0.6) is 5.75 Å². The number of hydrogen-bond donors (Lipinski definition) is 1. The molecule has 0 unspecified atom stereocenters. The third-order valence-corrected chi connectivity index (χ3v) is 7.87. The minimum atomic E-state index is -1.01. The molecule has 0 atom stereocenters. The number of ether oxygens (including phenoxy) is 1. The van der Waals surface area contributed by atoms with Gasteiger partial charge < -0.3 is 9.84 Å². The molecule has 0 aromatic heterocycles. The topological polar surface area (TPSA) is 79.2 Å². The Balaban J connectivity index is 1.52. The molecule has 0 radical (unpaired) electrons. The molecule has 0 spiro atoms. The number of aliphatic imine (C=N–C) groups is 1. The first-order chi connectivity index (χ1) is 17.1. The molecule has 1 heterocycles. The Morgan fingerprint density at radius 1 is 1.11 bits per heavy atom. The number of benzene rings is 3. The van der Waals surface area contributed by atoms with Crippen LogP contribution in [-0.2, 0) is 11.4 Å². The maximum atomic E-state index is 12.8. The molecule has 11 heteroatoms. The number of halogens is 4. The molecule has 1 N–H and O–H groups in total. The summed E-state index contributed by atoms with van der Waals surface area (Å²) in [5.41, 5.74) is 2.30. The minimum Gasteiger partial charge on any atom is -0.486 e. The largest absolute Gasteiger partial charge is 0.486 e. The maximum absolute atomic E-state index is 12.8. The molecule has 3 aromatic rings. The van der Waals surface area contributed by atoms with E-state index in [0.717, 1.165) is 11.1 Å². The zero-order chi connectivity index (χ0) is 26.0. The number of hydrogen-bond acceptors (Lipinski definition) is 5. The SMILES string of the molecule is CN1C(=O)/C(=C/c2cc(Br)c(OCc3ccc(Cl)cc3Cl)c(Br)c2)SC1=Nc1ccc(C(=O)O)cc1. The summed E-state index contributed by atoms with van der Waals surface area (Å²) in [6.45, 7) is 0.250. The monoisotopic (exact) mass is 668 g/mol. The molecule has 1 aliphatic heterocycles. The van der Waals surface area contributed by atoms with Crippen molar-refractivity contribution < 1.29 is 19.4 Å². The molecular weight excluding hydrogens is 655 g/mol. The van der Waals surface area contributed by atoms with E-state index in [9.17, 15) is 9.59 Å². The highest BCUT2D eigenvalue weighted by molar-refractivity contribution is 9.11. The van der Waals surface area contributed by atoms with Crippen LogP contribution in [-0.4, -0.2) is 34.1 Å². The molecule has 6 nitrogen and oxygen atoms in total. The first-order valence-electron chi connectivity index (χ1n) is 10.3. The van der Waals surface area contributed by atoms with Gasteiger partial charge >= 0.3 is 5.97 Å². The number of likely N-dealkylation sites (N-methyl/N-ethyl adjacent to an activating group) is 1. The Kier molecular flexibility index (Phi) is 8.47. The van der Waals surface area contributed by atoms with Crippen LogP contribution in [0.2, 0.25) is 10.0 Å². The Labute approximate surface area is 238 Å². The molecule has 0 saturated carbocycles. The summed E-state index contributed by atoms with van der Waals surface area (Å²) >= 11 is 20.5. The summed E-state index contributed by atoms with van der Waals surface area (Å²) in [5, 5.41) is 10.6. The molecule has 0 aliphatic carbocycles. The van der Waals surface area contributed by atoms with Crippen molar-refractivity contribution >= 4 is 95.6 Å². The van der Waals surface area contributed by atoms with Crippen LogP contribution in [0.15, 0.2) is 73.4 Å². The van der Waals surface area contributed by atoms with Gasteiger partial charge in [0.2, 0.25) is 0 Å². The number of aromatic carboxylic acids is 1. The molecule has 184 valence electrons. The van der Waals surface area contributed by atoms with E-state index in [1.807, 2.05) is 18.2 Å². The number of carboxylic acid groups (broad SMARTS) is 1. The number of amides is 1. The summed E-state index contributed by atoms with van der Waals surface area (Å²) in [4.78, 5) is 30.3. The summed E-state index contributed by atoms with van der Waals surface area (Å²) < 4.78 is 7.36. The van der Waals surface area contributed by atoms with Gasteiger partial charge in [0.25, 0.3) is 5.91 Å². The molecule has 1 fully saturated rings. The van der Waals surface area contributed by atoms with Gasteiger partial charge in [-0.15, -0.1) is 0 Å². The Hall–Kier alpha value is -2.30. The molecule has 1 amide bonds. The smallest absolute Gasteiger partial charge is 0.335 e. The minimum absolute atomic E-state index is 0.169. The van der Waals surface area contributed by atoms with E-state index >= 15 is 0 Å². The Bertz CT molecular complexity index is 1410. The fourth-order valence-corrected chi connectivity index (χ4v) is 6.08. The van der Waals surface area contributed by atoms with Crippen LogP contribution < -0.4 is 4.74 Å². The highest BCUT2D eigenvalue weighted by atomic mass is 79.9. The van der Waals surface area contributed by atoms with Crippen LogP contribution in [0.25, 0.3) is 6.08 Å². The third-order valence-electron chi connectivity index (χ3n) is 5.05. The van der Waals surface area contributed by atoms with E-state index in [4.69, 9.17) is 33.0 Å². The molecule has 0 bridgehead atoms. The lowest BCUT2D eigenvalue weighted by atomic mass is 10.2. The maximum Gasteiger partial charge on any atom is 0.335 e. The van der Waals surface area contributed by atoms with Crippen molar-refractivity contribution in [1.29, 1.82) is 0 Å². The fraction of sp³-hybridized carbons (Fsp3) is 0.0800. The fourth-order valence-electron chi connectivity index (χ4n) is 3.18. The standard InChI is InChI=1S/C25H16Br2Cl2N2O4S/c1-31-23(32)21(36-25(31)30-17-6-3-14(4-7-17)24(33)34)10-13-8-18(26)22(19(27)9-13)35-12-15-2-5-16(28)11-20(15)29/h2-11H,12H2,1H3,(H,33,34)/b21-10-,30-25?. The average Bonchev–Trinajstić information content (AvgIpc) is 3.07. The lowest BCUT2D eigenvalue weighted by Gasteiger charge is -2.12. The normalized spacial score (nSPS) is 15.7. The van der Waals surface area contributed by atoms with Gasteiger partial charge in [0, 0.05) is 22.7 Å². The Morgan fingerprint density at radius 3 is 2.39 bits per heavy atom. The predicted octanol–water partition coefficient (Wildman–Crippen LogP) is 8.03. The number of carbonyl (C=O) groups excluding carboxylic acids is 1. The van der Waals surface area contributed by atoms with Crippen LogP contribution in [0.4, 0.5) is 5.69 Å². The molecule has 1 saturated heterocycles. The highest BCUT2D eigenvalue weighted by Gasteiger charge is 2.30. The quantitative estimate of drug-likeness (QED) is 0.269. The first-order valence-corrected chi connectivity index (χ1v) is 13.4. The van der Waals surface area contributed by atoms with Gasteiger partial charge in [-0.05, 0) is 104 Å². The van der Waals surface area contributed by atoms with E-state index < -0.39 is 5.97 Å². The molecule has 4 rings (SSSR count). The van der Waals surface area contributed by atoms with E-state index in [1.54, 1.807) is 37.4 Å². The van der Waals surface area contributed by atoms with E-state index in [0.29, 0.717) is 40.5 Å². The highest BCUT2D eigenvalue weighted by Crippen LogP contribution is 2.38. The summed E-state index contributed by atoms with van der Waals surface area (Å²) in [5.74, 6) is -0.604. The zero-order valence-electron chi connectivity index (χ0n) is 18.5. The second-order valence-corrected chi connectivity index (χ2v) is 11.1. The van der Waals surface area contributed by atoms with Gasteiger partial charge in [-0.1, -0.05) is 29.3 Å². The number of thioether (sulfide) groups is 1. The van der Waals surface area contributed by atoms with Gasteiger partial charge in [-0.2, -0.15) is 0 Å². The van der Waals surface area contributed by atoms with Gasteiger partial charge in [0.05, 0.1) is 25.1 Å². The summed E-state index contributed by atoms with van der Waals surface area (Å²) in [7, 11) is 1.64. The molecule has 1 aliphatic rings. The van der Waals surface area contributed by atoms with Crippen molar-refractivity contribution in [3.05, 3.63) is 95.2 Å². The van der Waals surface area contributed by atoms with Crippen molar-refractivity contribution in [1.82, 2.24) is 4.90 Å². The number of amidine groups is 1. The predicted molar refractivity (Wildman–Crippen MR) is 151 cm³/mol. The summed E-state index contributed by atoms with van der Waals surface area (Å²) in [6.07, 6.45) is 1.77. The molecular formula is C25H16Br2Cl2N2O4S. The summed E-state index contributed by atoms with van der Waals surface area (Å²) in [6, 6.07) is 15.1. The van der Waals surface area contributed by atoms with Gasteiger partial charge in [-0.3, -0.25) is 9.69 Å². The van der Waals surface area contributed by atoms with Gasteiger partial charge in [0.1, 0.15) is 12.4 Å². The lowest BCUT2D eigenvalue weighted by Crippen LogP contribution is -2.23.